The van der Waals surface area contributed by atoms with Gasteiger partial charge in [-0.3, -0.25) is 4.79 Å². The summed E-state index contributed by atoms with van der Waals surface area (Å²) in [4.78, 5) is 24.4. The molecule has 2 aromatic rings. The van der Waals surface area contributed by atoms with Crippen LogP contribution >= 0.6 is 0 Å². The second-order valence-electron chi connectivity index (χ2n) is 7.30. The van der Waals surface area contributed by atoms with Crippen molar-refractivity contribution < 1.29 is 4.79 Å². The van der Waals surface area contributed by atoms with Crippen molar-refractivity contribution in [2.45, 2.75) is 39.2 Å². The smallest absolute Gasteiger partial charge is 0.270 e. The zero-order chi connectivity index (χ0) is 17.8. The molecule has 0 radical (unpaired) electrons. The predicted molar refractivity (Wildman–Crippen MR) is 101 cm³/mol. The van der Waals surface area contributed by atoms with Crippen molar-refractivity contribution >= 4 is 11.7 Å². The zero-order valence-electron chi connectivity index (χ0n) is 15.4. The summed E-state index contributed by atoms with van der Waals surface area (Å²) in [7, 11) is 2.14. The Balaban J connectivity index is 1.64. The van der Waals surface area contributed by atoms with E-state index < -0.39 is 0 Å². The van der Waals surface area contributed by atoms with Gasteiger partial charge in [0, 0.05) is 38.6 Å². The van der Waals surface area contributed by atoms with Crippen molar-refractivity contribution in [2.24, 2.45) is 5.92 Å². The molecule has 1 amide bonds. The first-order chi connectivity index (χ1) is 12.1. The van der Waals surface area contributed by atoms with Gasteiger partial charge in [-0.1, -0.05) is 19.9 Å². The normalized spacial score (nSPS) is 15.6. The third-order valence-corrected chi connectivity index (χ3v) is 4.96. The summed E-state index contributed by atoms with van der Waals surface area (Å²) in [5, 5.41) is 0. The number of H-pyrrole nitrogens is 1. The van der Waals surface area contributed by atoms with E-state index in [0.29, 0.717) is 17.7 Å². The number of piperidine rings is 1. The molecule has 0 bridgehead atoms. The number of hydrogen-bond acceptors (Lipinski definition) is 3. The number of rotatable bonds is 5. The van der Waals surface area contributed by atoms with Crippen molar-refractivity contribution in [3.05, 3.63) is 47.9 Å². The van der Waals surface area contributed by atoms with Gasteiger partial charge in [0.2, 0.25) is 0 Å². The minimum atomic E-state index is 0.101. The molecule has 5 nitrogen and oxygen atoms in total. The van der Waals surface area contributed by atoms with Crippen LogP contribution in [-0.2, 0) is 6.42 Å². The number of carbonyl (C=O) groups excluding carboxylic acids is 1. The summed E-state index contributed by atoms with van der Waals surface area (Å²) < 4.78 is 0. The van der Waals surface area contributed by atoms with E-state index in [9.17, 15) is 4.79 Å². The van der Waals surface area contributed by atoms with Crippen molar-refractivity contribution in [1.29, 1.82) is 0 Å². The van der Waals surface area contributed by atoms with Crippen molar-refractivity contribution in [3.63, 3.8) is 0 Å². The number of nitrogens with one attached hydrogen (secondary N) is 1. The van der Waals surface area contributed by atoms with Crippen LogP contribution in [0.15, 0.2) is 36.7 Å². The molecule has 3 heterocycles. The topological polar surface area (TPSA) is 52.2 Å². The lowest BCUT2D eigenvalue weighted by molar-refractivity contribution is 0.0708. The monoisotopic (exact) mass is 340 g/mol. The largest absolute Gasteiger partial charge is 0.357 e. The predicted octanol–water partition coefficient (Wildman–Crippen LogP) is 3.35. The van der Waals surface area contributed by atoms with Gasteiger partial charge in [0.15, 0.2) is 0 Å². The van der Waals surface area contributed by atoms with E-state index in [1.165, 1.54) is 5.56 Å². The number of carbonyl (C=O) groups is 1. The summed E-state index contributed by atoms with van der Waals surface area (Å²) in [5.41, 5.74) is 1.99. The highest BCUT2D eigenvalue weighted by Gasteiger charge is 2.27. The molecule has 1 saturated heterocycles. The first-order valence-electron chi connectivity index (χ1n) is 9.15. The van der Waals surface area contributed by atoms with Gasteiger partial charge in [0.25, 0.3) is 5.91 Å². The molecule has 134 valence electrons. The third-order valence-electron chi connectivity index (χ3n) is 4.96. The molecule has 3 rings (SSSR count). The molecule has 0 aliphatic carbocycles. The Kier molecular flexibility index (Phi) is 5.41. The van der Waals surface area contributed by atoms with Gasteiger partial charge in [-0.2, -0.15) is 0 Å². The third kappa shape index (κ3) is 4.03. The molecule has 25 heavy (non-hydrogen) atoms. The molecular formula is C20H28N4O. The minimum absolute atomic E-state index is 0.101. The van der Waals surface area contributed by atoms with Crippen molar-refractivity contribution in [3.8, 4) is 0 Å². The van der Waals surface area contributed by atoms with Gasteiger partial charge in [0.1, 0.15) is 11.5 Å². The van der Waals surface area contributed by atoms with Crippen LogP contribution in [0.1, 0.15) is 42.7 Å². The molecule has 1 N–H and O–H groups in total. The second-order valence-corrected chi connectivity index (χ2v) is 7.30. The van der Waals surface area contributed by atoms with Crippen LogP contribution in [0.2, 0.25) is 0 Å². The number of aromatic nitrogens is 2. The van der Waals surface area contributed by atoms with E-state index in [4.69, 9.17) is 0 Å². The quantitative estimate of drug-likeness (QED) is 0.908. The standard InChI is InChI=1S/C20H28N4O/c1-15(2)14-16-6-4-11-22-19(16)23(3)17-8-12-24(13-9-17)20(25)18-7-5-10-21-18/h4-7,10-11,15,17,21H,8-9,12-14H2,1-3H3. The average molecular weight is 340 g/mol. The molecule has 0 unspecified atom stereocenters. The Morgan fingerprint density at radius 1 is 1.32 bits per heavy atom. The summed E-state index contributed by atoms with van der Waals surface area (Å²) in [6.07, 6.45) is 6.66. The Bertz CT molecular complexity index is 687. The molecule has 1 fully saturated rings. The Morgan fingerprint density at radius 3 is 2.72 bits per heavy atom. The van der Waals surface area contributed by atoms with Crippen LogP contribution in [0.5, 0.6) is 0 Å². The molecule has 0 saturated carbocycles. The molecule has 0 atom stereocenters. The van der Waals surface area contributed by atoms with Gasteiger partial charge in [-0.25, -0.2) is 4.98 Å². The van der Waals surface area contributed by atoms with Crippen LogP contribution in [0, 0.1) is 5.92 Å². The Morgan fingerprint density at radius 2 is 2.08 bits per heavy atom. The van der Waals surface area contributed by atoms with Crippen molar-refractivity contribution in [2.75, 3.05) is 25.0 Å². The van der Waals surface area contributed by atoms with Gasteiger partial charge in [-0.15, -0.1) is 0 Å². The maximum absolute atomic E-state index is 12.5. The molecule has 1 aliphatic heterocycles. The number of amides is 1. The highest BCUT2D eigenvalue weighted by atomic mass is 16.2. The molecule has 5 heteroatoms. The molecular weight excluding hydrogens is 312 g/mol. The summed E-state index contributed by atoms with van der Waals surface area (Å²) in [6, 6.07) is 8.33. The summed E-state index contributed by atoms with van der Waals surface area (Å²) in [5.74, 6) is 1.80. The minimum Gasteiger partial charge on any atom is -0.357 e. The number of pyridine rings is 1. The molecule has 0 spiro atoms. The number of anilines is 1. The lowest BCUT2D eigenvalue weighted by Gasteiger charge is -2.37. The molecule has 2 aromatic heterocycles. The molecule has 1 aliphatic rings. The van der Waals surface area contributed by atoms with Crippen LogP contribution in [0.25, 0.3) is 0 Å². The lowest BCUT2D eigenvalue weighted by Crippen LogP contribution is -2.46. The number of likely N-dealkylation sites (tertiary alicyclic amines) is 1. The molecule has 0 aromatic carbocycles. The van der Waals surface area contributed by atoms with E-state index in [1.54, 1.807) is 6.20 Å². The fourth-order valence-electron chi connectivity index (χ4n) is 3.61. The van der Waals surface area contributed by atoms with Gasteiger partial charge < -0.3 is 14.8 Å². The highest BCUT2D eigenvalue weighted by Crippen LogP contribution is 2.25. The van der Waals surface area contributed by atoms with E-state index >= 15 is 0 Å². The Hall–Kier alpha value is -2.30. The zero-order valence-corrected chi connectivity index (χ0v) is 15.4. The maximum atomic E-state index is 12.5. The number of aromatic amines is 1. The number of nitrogens with zero attached hydrogens (tertiary/aromatic N) is 3. The first-order valence-corrected chi connectivity index (χ1v) is 9.15. The highest BCUT2D eigenvalue weighted by molar-refractivity contribution is 5.92. The van der Waals surface area contributed by atoms with Crippen LogP contribution in [0.4, 0.5) is 5.82 Å². The fraction of sp³-hybridized carbons (Fsp3) is 0.500. The SMILES string of the molecule is CC(C)Cc1cccnc1N(C)C1CCN(C(=O)c2ccc[nH]2)CC1. The lowest BCUT2D eigenvalue weighted by atomic mass is 10.00. The van der Waals surface area contributed by atoms with Gasteiger partial charge in [0.05, 0.1) is 0 Å². The number of hydrogen-bond donors (Lipinski definition) is 1. The van der Waals surface area contributed by atoms with E-state index in [2.05, 4.69) is 41.8 Å². The first kappa shape index (κ1) is 17.5. The second kappa shape index (κ2) is 7.72. The van der Waals surface area contributed by atoms with Crippen LogP contribution in [-0.4, -0.2) is 47.0 Å². The van der Waals surface area contributed by atoms with Gasteiger partial charge >= 0.3 is 0 Å². The van der Waals surface area contributed by atoms with Crippen molar-refractivity contribution in [1.82, 2.24) is 14.9 Å². The Labute approximate surface area is 150 Å². The fourth-order valence-corrected chi connectivity index (χ4v) is 3.61. The van der Waals surface area contributed by atoms with E-state index in [0.717, 1.165) is 38.2 Å². The van der Waals surface area contributed by atoms with Crippen LogP contribution in [0.3, 0.4) is 0 Å². The van der Waals surface area contributed by atoms with Crippen LogP contribution < -0.4 is 4.90 Å². The maximum Gasteiger partial charge on any atom is 0.270 e. The van der Waals surface area contributed by atoms with E-state index in [1.807, 2.05) is 29.3 Å². The van der Waals surface area contributed by atoms with Gasteiger partial charge in [-0.05, 0) is 48.9 Å². The summed E-state index contributed by atoms with van der Waals surface area (Å²) in [6.45, 7) is 6.06. The average Bonchev–Trinajstić information content (AvgIpc) is 3.15. The summed E-state index contributed by atoms with van der Waals surface area (Å²) >= 11 is 0. The van der Waals surface area contributed by atoms with E-state index in [-0.39, 0.29) is 5.91 Å².